The Kier molecular flexibility index (Phi) is 4.26. The molecular formula is C15H15BrN6O2. The van der Waals surface area contributed by atoms with E-state index < -0.39 is 0 Å². The predicted molar refractivity (Wildman–Crippen MR) is 89.2 cm³/mol. The molecule has 24 heavy (non-hydrogen) atoms. The van der Waals surface area contributed by atoms with Crippen molar-refractivity contribution in [2.24, 2.45) is 0 Å². The van der Waals surface area contributed by atoms with Gasteiger partial charge in [0.15, 0.2) is 10.4 Å². The lowest BCUT2D eigenvalue weighted by atomic mass is 10.3. The van der Waals surface area contributed by atoms with Gasteiger partial charge in [0, 0.05) is 38.6 Å². The first kappa shape index (κ1) is 15.3. The summed E-state index contributed by atoms with van der Waals surface area (Å²) in [6.07, 6.45) is 3.53. The summed E-state index contributed by atoms with van der Waals surface area (Å²) < 4.78 is 11.7. The lowest BCUT2D eigenvalue weighted by Gasteiger charge is -2.33. The maximum absolute atomic E-state index is 5.68. The van der Waals surface area contributed by atoms with Gasteiger partial charge in [-0.2, -0.15) is 0 Å². The number of anilines is 1. The first-order valence-electron chi connectivity index (χ1n) is 7.60. The molecule has 0 spiro atoms. The van der Waals surface area contributed by atoms with E-state index in [1.807, 2.05) is 6.07 Å². The number of rotatable bonds is 4. The molecule has 1 fully saturated rings. The second-order valence-electron chi connectivity index (χ2n) is 5.42. The molecule has 4 heterocycles. The number of piperazine rings is 1. The smallest absolute Gasteiger partial charge is 0.283 e. The number of halogens is 1. The molecule has 1 aliphatic heterocycles. The summed E-state index contributed by atoms with van der Waals surface area (Å²) in [6, 6.07) is 5.41. The van der Waals surface area contributed by atoms with E-state index in [4.69, 9.17) is 8.83 Å². The standard InChI is InChI=1S/C15H15BrN6O2/c16-12-3-2-11(23-12)14-20-19-13(24-14)10-21-6-8-22(9-7-21)15-17-4-1-5-18-15/h1-5H,6-10H2. The molecule has 0 radical (unpaired) electrons. The molecule has 0 atom stereocenters. The zero-order valence-corrected chi connectivity index (χ0v) is 14.4. The monoisotopic (exact) mass is 390 g/mol. The maximum Gasteiger partial charge on any atom is 0.283 e. The highest BCUT2D eigenvalue weighted by Crippen LogP contribution is 2.24. The van der Waals surface area contributed by atoms with Crippen LogP contribution in [0.15, 0.2) is 44.1 Å². The van der Waals surface area contributed by atoms with E-state index in [1.54, 1.807) is 24.5 Å². The third-order valence-corrected chi connectivity index (χ3v) is 4.24. The van der Waals surface area contributed by atoms with Crippen LogP contribution in [-0.4, -0.2) is 51.2 Å². The summed E-state index contributed by atoms with van der Waals surface area (Å²) in [4.78, 5) is 13.0. The van der Waals surface area contributed by atoms with Gasteiger partial charge in [-0.1, -0.05) is 0 Å². The second kappa shape index (κ2) is 6.70. The van der Waals surface area contributed by atoms with Gasteiger partial charge in [0.25, 0.3) is 5.89 Å². The van der Waals surface area contributed by atoms with Crippen LogP contribution in [0.25, 0.3) is 11.7 Å². The van der Waals surface area contributed by atoms with E-state index in [9.17, 15) is 0 Å². The van der Waals surface area contributed by atoms with Gasteiger partial charge in [-0.05, 0) is 34.1 Å². The van der Waals surface area contributed by atoms with Crippen molar-refractivity contribution in [3.63, 3.8) is 0 Å². The Labute approximate surface area is 146 Å². The second-order valence-corrected chi connectivity index (χ2v) is 6.20. The normalized spacial score (nSPS) is 15.8. The van der Waals surface area contributed by atoms with Gasteiger partial charge < -0.3 is 13.7 Å². The van der Waals surface area contributed by atoms with Gasteiger partial charge in [-0.3, -0.25) is 4.90 Å². The van der Waals surface area contributed by atoms with Gasteiger partial charge in [0.05, 0.1) is 6.54 Å². The molecular weight excluding hydrogens is 376 g/mol. The Hall–Kier alpha value is -2.26. The van der Waals surface area contributed by atoms with Crippen LogP contribution in [0.4, 0.5) is 5.95 Å². The molecule has 3 aromatic rings. The average molecular weight is 391 g/mol. The molecule has 124 valence electrons. The summed E-state index contributed by atoms with van der Waals surface area (Å²) in [6.45, 7) is 4.15. The Morgan fingerprint density at radius 2 is 1.79 bits per heavy atom. The minimum atomic E-state index is 0.395. The van der Waals surface area contributed by atoms with Crippen LogP contribution in [-0.2, 0) is 6.54 Å². The fraction of sp³-hybridized carbons (Fsp3) is 0.333. The Morgan fingerprint density at radius 1 is 1.00 bits per heavy atom. The Morgan fingerprint density at radius 3 is 2.50 bits per heavy atom. The van der Waals surface area contributed by atoms with E-state index in [-0.39, 0.29) is 0 Å². The van der Waals surface area contributed by atoms with Crippen LogP contribution in [0.3, 0.4) is 0 Å². The molecule has 4 rings (SSSR count). The zero-order valence-electron chi connectivity index (χ0n) is 12.8. The number of hydrogen-bond donors (Lipinski definition) is 0. The molecule has 0 N–H and O–H groups in total. The van der Waals surface area contributed by atoms with Crippen molar-refractivity contribution in [1.29, 1.82) is 0 Å². The molecule has 3 aromatic heterocycles. The highest BCUT2D eigenvalue weighted by Gasteiger charge is 2.21. The van der Waals surface area contributed by atoms with Gasteiger partial charge in [0.1, 0.15) is 0 Å². The van der Waals surface area contributed by atoms with E-state index >= 15 is 0 Å². The van der Waals surface area contributed by atoms with E-state index in [2.05, 4.69) is 45.9 Å². The van der Waals surface area contributed by atoms with Crippen LogP contribution >= 0.6 is 15.9 Å². The van der Waals surface area contributed by atoms with Gasteiger partial charge in [-0.25, -0.2) is 9.97 Å². The van der Waals surface area contributed by atoms with E-state index in [0.717, 1.165) is 32.1 Å². The van der Waals surface area contributed by atoms with Crippen LogP contribution in [0.5, 0.6) is 0 Å². The van der Waals surface area contributed by atoms with Gasteiger partial charge in [-0.15, -0.1) is 10.2 Å². The van der Waals surface area contributed by atoms with Gasteiger partial charge in [0.2, 0.25) is 11.8 Å². The molecule has 0 aliphatic carbocycles. The lowest BCUT2D eigenvalue weighted by molar-refractivity contribution is 0.225. The van der Waals surface area contributed by atoms with Crippen molar-refractivity contribution in [1.82, 2.24) is 25.1 Å². The van der Waals surface area contributed by atoms with E-state index in [1.165, 1.54) is 0 Å². The number of furan rings is 1. The predicted octanol–water partition coefficient (Wildman–Crippen LogP) is 2.20. The fourth-order valence-corrected chi connectivity index (χ4v) is 2.90. The quantitative estimate of drug-likeness (QED) is 0.670. The van der Waals surface area contributed by atoms with Gasteiger partial charge >= 0.3 is 0 Å². The van der Waals surface area contributed by atoms with Crippen molar-refractivity contribution in [2.75, 3.05) is 31.1 Å². The fourth-order valence-electron chi connectivity index (χ4n) is 2.60. The van der Waals surface area contributed by atoms with Crippen molar-refractivity contribution in [3.8, 4) is 11.7 Å². The first-order valence-corrected chi connectivity index (χ1v) is 8.39. The van der Waals surface area contributed by atoms with Crippen LogP contribution < -0.4 is 4.90 Å². The number of hydrogen-bond acceptors (Lipinski definition) is 8. The van der Waals surface area contributed by atoms with Crippen molar-refractivity contribution < 1.29 is 8.83 Å². The van der Waals surface area contributed by atoms with Crippen LogP contribution in [0.2, 0.25) is 0 Å². The molecule has 1 aliphatic rings. The molecule has 9 heteroatoms. The summed E-state index contributed by atoms with van der Waals surface area (Å²) >= 11 is 3.26. The minimum Gasteiger partial charge on any atom is -0.444 e. The molecule has 0 saturated carbocycles. The third-order valence-electron chi connectivity index (χ3n) is 3.82. The molecule has 0 bridgehead atoms. The third kappa shape index (κ3) is 3.31. The van der Waals surface area contributed by atoms with Crippen molar-refractivity contribution in [3.05, 3.63) is 41.2 Å². The average Bonchev–Trinajstić information content (AvgIpc) is 3.25. The highest BCUT2D eigenvalue weighted by molar-refractivity contribution is 9.10. The summed E-state index contributed by atoms with van der Waals surface area (Å²) in [5, 5.41) is 8.14. The molecule has 0 aromatic carbocycles. The highest BCUT2D eigenvalue weighted by atomic mass is 79.9. The number of aromatic nitrogens is 4. The first-order chi connectivity index (χ1) is 11.8. The Bertz CT molecular complexity index is 797. The largest absolute Gasteiger partial charge is 0.444 e. The van der Waals surface area contributed by atoms with Crippen molar-refractivity contribution in [2.45, 2.75) is 6.54 Å². The summed E-state index contributed by atoms with van der Waals surface area (Å²) in [5.41, 5.74) is 0. The van der Waals surface area contributed by atoms with E-state index in [0.29, 0.717) is 28.8 Å². The number of nitrogens with zero attached hydrogens (tertiary/aromatic N) is 6. The maximum atomic E-state index is 5.68. The van der Waals surface area contributed by atoms with Crippen LogP contribution in [0, 0.1) is 0 Å². The zero-order chi connectivity index (χ0) is 16.4. The Balaban J connectivity index is 1.35. The van der Waals surface area contributed by atoms with Crippen molar-refractivity contribution >= 4 is 21.9 Å². The summed E-state index contributed by atoms with van der Waals surface area (Å²) in [5.74, 6) is 2.32. The molecule has 0 amide bonds. The SMILES string of the molecule is Brc1ccc(-c2nnc(CN3CCN(c4ncccn4)CC3)o2)o1. The molecule has 8 nitrogen and oxygen atoms in total. The summed E-state index contributed by atoms with van der Waals surface area (Å²) in [7, 11) is 0. The topological polar surface area (TPSA) is 84.3 Å². The minimum absolute atomic E-state index is 0.395. The van der Waals surface area contributed by atoms with Crippen LogP contribution in [0.1, 0.15) is 5.89 Å². The molecule has 1 saturated heterocycles. The lowest BCUT2D eigenvalue weighted by Crippen LogP contribution is -2.46. The molecule has 0 unspecified atom stereocenters.